The van der Waals surface area contributed by atoms with Gasteiger partial charge >= 0.3 is 6.09 Å². The predicted octanol–water partition coefficient (Wildman–Crippen LogP) is 6.25. The van der Waals surface area contributed by atoms with E-state index in [0.29, 0.717) is 5.56 Å². The van der Waals surface area contributed by atoms with E-state index in [0.717, 1.165) is 103 Å². The Hall–Kier alpha value is -4.08. The molecule has 1 saturated heterocycles. The third-order valence-corrected chi connectivity index (χ3v) is 10.7. The number of amides is 1. The number of carbonyl (C=O) groups is 1. The minimum atomic E-state index is -0.517. The van der Waals surface area contributed by atoms with Crippen LogP contribution in [-0.2, 0) is 14.9 Å². The molecule has 2 N–H and O–H groups in total. The van der Waals surface area contributed by atoms with Gasteiger partial charge in [-0.1, -0.05) is 11.3 Å². The van der Waals surface area contributed by atoms with E-state index >= 15 is 0 Å². The van der Waals surface area contributed by atoms with E-state index in [4.69, 9.17) is 24.7 Å². The molecule has 0 radical (unpaired) electrons. The average Bonchev–Trinajstić information content (AvgIpc) is 3.69. The summed E-state index contributed by atoms with van der Waals surface area (Å²) >= 11 is 1.66. The summed E-state index contributed by atoms with van der Waals surface area (Å²) in [6, 6.07) is 10.3. The Morgan fingerprint density at radius 3 is 2.56 bits per heavy atom. The van der Waals surface area contributed by atoms with Crippen LogP contribution >= 0.6 is 11.3 Å². The number of carbonyl (C=O) groups excluding carboxylic acids is 1. The number of hydrogen-bond donors (Lipinski definition) is 2. The molecular formula is C33H38N8O3S. The number of ether oxygens (including phenoxy) is 2. The van der Waals surface area contributed by atoms with Crippen LogP contribution in [0.3, 0.4) is 0 Å². The molecular weight excluding hydrogens is 588 g/mol. The monoisotopic (exact) mass is 626 g/mol. The molecule has 0 atom stereocenters. The van der Waals surface area contributed by atoms with Gasteiger partial charge in [0.2, 0.25) is 0 Å². The van der Waals surface area contributed by atoms with E-state index in [-0.39, 0.29) is 23.1 Å². The first-order chi connectivity index (χ1) is 21.6. The molecule has 5 heterocycles. The van der Waals surface area contributed by atoms with Crippen molar-refractivity contribution < 1.29 is 14.3 Å². The van der Waals surface area contributed by atoms with E-state index in [2.05, 4.69) is 27.9 Å². The largest absolute Gasteiger partial charge is 0.444 e. The summed E-state index contributed by atoms with van der Waals surface area (Å²) in [7, 11) is 0. The molecule has 8 rings (SSSR count). The van der Waals surface area contributed by atoms with Gasteiger partial charge in [0, 0.05) is 42.1 Å². The summed E-state index contributed by atoms with van der Waals surface area (Å²) in [5.41, 5.74) is 4.14. The Morgan fingerprint density at radius 2 is 1.84 bits per heavy atom. The van der Waals surface area contributed by atoms with Crippen LogP contribution in [0.4, 0.5) is 10.5 Å². The van der Waals surface area contributed by atoms with Crippen molar-refractivity contribution in [3.63, 3.8) is 0 Å². The summed E-state index contributed by atoms with van der Waals surface area (Å²) in [6.07, 6.45) is 10.6. The lowest BCUT2D eigenvalue weighted by atomic mass is 9.57. The van der Waals surface area contributed by atoms with E-state index in [9.17, 15) is 10.1 Å². The second-order valence-electron chi connectivity index (χ2n) is 13.7. The number of rotatable bonds is 6. The molecule has 3 aliphatic carbocycles. The highest BCUT2D eigenvalue weighted by Gasteiger charge is 2.52. The Kier molecular flexibility index (Phi) is 7.49. The zero-order valence-corrected chi connectivity index (χ0v) is 26.7. The van der Waals surface area contributed by atoms with Crippen LogP contribution in [0.2, 0.25) is 0 Å². The summed E-state index contributed by atoms with van der Waals surface area (Å²) in [6.45, 7) is 7.14. The number of fused-ring (bicyclic) bond motifs is 4. The SMILES string of the molecule is CC(C)(C)OC(=O)NC12CCC(c3nnc(-c4cnc(-c5ccc6cc(C#N)cnn56)cc4NC4CCOCC4)s3)(CC1)CC2. The number of pyridine rings is 1. The maximum Gasteiger partial charge on any atom is 0.408 e. The first-order valence-electron chi connectivity index (χ1n) is 15.7. The van der Waals surface area contributed by atoms with Crippen LogP contribution < -0.4 is 10.6 Å². The van der Waals surface area contributed by atoms with Gasteiger partial charge in [0.05, 0.1) is 34.2 Å². The molecule has 11 nitrogen and oxygen atoms in total. The third kappa shape index (κ3) is 5.87. The molecule has 0 aromatic carbocycles. The van der Waals surface area contributed by atoms with Gasteiger partial charge in [-0.25, -0.2) is 9.31 Å². The van der Waals surface area contributed by atoms with Gasteiger partial charge in [0.15, 0.2) is 5.01 Å². The van der Waals surface area contributed by atoms with E-state index in [1.165, 1.54) is 0 Å². The molecule has 3 saturated carbocycles. The maximum absolute atomic E-state index is 12.6. The van der Waals surface area contributed by atoms with Gasteiger partial charge in [-0.05, 0) is 96.4 Å². The number of hydrogen-bond acceptors (Lipinski definition) is 10. The fourth-order valence-corrected chi connectivity index (χ4v) is 8.10. The molecule has 4 aliphatic rings. The van der Waals surface area contributed by atoms with Gasteiger partial charge in [-0.3, -0.25) is 4.98 Å². The highest BCUT2D eigenvalue weighted by Crippen LogP contribution is 2.54. The highest BCUT2D eigenvalue weighted by atomic mass is 32.1. The smallest absolute Gasteiger partial charge is 0.408 e. The van der Waals surface area contributed by atoms with Crippen molar-refractivity contribution >= 4 is 28.6 Å². The van der Waals surface area contributed by atoms with Crippen molar-refractivity contribution in [3.05, 3.63) is 47.2 Å². The van der Waals surface area contributed by atoms with Crippen LogP contribution in [0.1, 0.15) is 82.7 Å². The minimum Gasteiger partial charge on any atom is -0.444 e. The quantitative estimate of drug-likeness (QED) is 0.254. The van der Waals surface area contributed by atoms with E-state index in [1.54, 1.807) is 17.5 Å². The molecule has 0 spiro atoms. The van der Waals surface area contributed by atoms with Crippen LogP contribution in [0.25, 0.3) is 27.5 Å². The van der Waals surface area contributed by atoms with Crippen LogP contribution in [0.15, 0.2) is 36.7 Å². The standard InChI is InChI=1S/C33H38N8O3S/c1-31(2,3)44-30(42)38-33-11-8-32(9-12-33,10-13-33)29-40-39-28(45-29)24-20-35-26(17-25(24)37-22-6-14-43-15-7-22)27-5-4-23-16-21(18-34)19-36-41(23)27/h4-5,16-17,19-20,22H,6-15H2,1-3H3,(H,35,37)(H,38,42). The molecule has 234 valence electrons. The highest BCUT2D eigenvalue weighted by molar-refractivity contribution is 7.14. The van der Waals surface area contributed by atoms with Crippen molar-refractivity contribution in [2.75, 3.05) is 18.5 Å². The molecule has 1 aliphatic heterocycles. The maximum atomic E-state index is 12.6. The zero-order valence-electron chi connectivity index (χ0n) is 25.9. The van der Waals surface area contributed by atoms with Gasteiger partial charge < -0.3 is 20.1 Å². The molecule has 4 aromatic rings. The molecule has 0 unspecified atom stereocenters. The number of anilines is 1. The first kappa shape index (κ1) is 29.6. The fraction of sp³-hybridized carbons (Fsp3) is 0.515. The molecule has 4 aromatic heterocycles. The molecule has 45 heavy (non-hydrogen) atoms. The van der Waals surface area contributed by atoms with E-state index < -0.39 is 5.60 Å². The first-order valence-corrected chi connectivity index (χ1v) is 16.5. The number of alkyl carbamates (subject to hydrolysis) is 1. The van der Waals surface area contributed by atoms with Crippen molar-refractivity contribution in [3.8, 4) is 28.0 Å². The van der Waals surface area contributed by atoms with Gasteiger partial charge in [-0.15, -0.1) is 10.2 Å². The normalized spacial score (nSPS) is 23.5. The summed E-state index contributed by atoms with van der Waals surface area (Å²) in [5, 5.41) is 32.2. The number of aromatic nitrogens is 5. The number of nitrogens with one attached hydrogen (secondary N) is 2. The topological polar surface area (TPSA) is 139 Å². The summed E-state index contributed by atoms with van der Waals surface area (Å²) < 4.78 is 13.0. The molecule has 2 bridgehead atoms. The lowest BCUT2D eigenvalue weighted by Gasteiger charge is -2.52. The molecule has 12 heteroatoms. The van der Waals surface area contributed by atoms with Crippen molar-refractivity contribution in [1.82, 2.24) is 30.1 Å². The number of nitrogens with zero attached hydrogens (tertiary/aromatic N) is 6. The summed E-state index contributed by atoms with van der Waals surface area (Å²) in [4.78, 5) is 17.5. The van der Waals surface area contributed by atoms with Gasteiger partial charge in [0.1, 0.15) is 16.7 Å². The third-order valence-electron chi connectivity index (χ3n) is 9.50. The lowest BCUT2D eigenvalue weighted by molar-refractivity contribution is 0.0258. The van der Waals surface area contributed by atoms with Crippen molar-refractivity contribution in [2.24, 2.45) is 0 Å². The lowest BCUT2D eigenvalue weighted by Crippen LogP contribution is -2.58. The van der Waals surface area contributed by atoms with Crippen molar-refractivity contribution in [2.45, 2.75) is 94.7 Å². The molecule has 1 amide bonds. The fourth-order valence-electron chi connectivity index (χ4n) is 6.96. The Bertz CT molecular complexity index is 1750. The van der Waals surface area contributed by atoms with Crippen LogP contribution in [-0.4, -0.2) is 61.3 Å². The Morgan fingerprint density at radius 1 is 1.09 bits per heavy atom. The Balaban J connectivity index is 1.15. The van der Waals surface area contributed by atoms with Crippen LogP contribution in [0.5, 0.6) is 0 Å². The summed E-state index contributed by atoms with van der Waals surface area (Å²) in [5.74, 6) is 0. The van der Waals surface area contributed by atoms with Crippen LogP contribution in [0, 0.1) is 11.3 Å². The van der Waals surface area contributed by atoms with Gasteiger partial charge in [-0.2, -0.15) is 10.4 Å². The molecule has 4 fully saturated rings. The Labute approximate surface area is 266 Å². The average molecular weight is 627 g/mol. The van der Waals surface area contributed by atoms with E-state index in [1.807, 2.05) is 49.7 Å². The van der Waals surface area contributed by atoms with Gasteiger partial charge in [0.25, 0.3) is 0 Å². The minimum absolute atomic E-state index is 0.0201. The number of nitriles is 1. The van der Waals surface area contributed by atoms with Crippen molar-refractivity contribution in [1.29, 1.82) is 5.26 Å². The second-order valence-corrected chi connectivity index (χ2v) is 14.6. The zero-order chi connectivity index (χ0) is 31.2. The predicted molar refractivity (Wildman–Crippen MR) is 171 cm³/mol. The second kappa shape index (κ2) is 11.4.